The normalized spacial score (nSPS) is 21.6. The summed E-state index contributed by atoms with van der Waals surface area (Å²) in [5.74, 6) is 0.391. The van der Waals surface area contributed by atoms with Crippen LogP contribution in [0.15, 0.2) is 24.5 Å². The van der Waals surface area contributed by atoms with Gasteiger partial charge in [0.1, 0.15) is 11.5 Å². The van der Waals surface area contributed by atoms with E-state index in [0.29, 0.717) is 30.3 Å². The van der Waals surface area contributed by atoms with E-state index in [1.165, 1.54) is 13.1 Å². The fraction of sp³-hybridized carbons (Fsp3) is 0.500. The monoisotopic (exact) mass is 426 g/mol. The first-order chi connectivity index (χ1) is 15.0. The van der Waals surface area contributed by atoms with Crippen LogP contribution in [0.3, 0.4) is 0 Å². The maximum atomic E-state index is 14.6. The van der Waals surface area contributed by atoms with E-state index in [4.69, 9.17) is 0 Å². The largest absolute Gasteiger partial charge is 0.354 e. The zero-order valence-electron chi connectivity index (χ0n) is 17.6. The molecule has 9 heteroatoms. The van der Waals surface area contributed by atoms with Crippen molar-refractivity contribution in [1.29, 1.82) is 0 Å². The summed E-state index contributed by atoms with van der Waals surface area (Å²) in [5.41, 5.74) is 0.734. The molecular formula is C22H27FN6O2. The van der Waals surface area contributed by atoms with Gasteiger partial charge in [0, 0.05) is 43.7 Å². The Morgan fingerprint density at radius 3 is 2.68 bits per heavy atom. The lowest BCUT2D eigenvalue weighted by molar-refractivity contribution is -0.120. The lowest BCUT2D eigenvalue weighted by Crippen LogP contribution is -2.39. The summed E-state index contributed by atoms with van der Waals surface area (Å²) in [6.45, 7) is 2.15. The minimum atomic E-state index is -0.526. The Kier molecular flexibility index (Phi) is 6.39. The van der Waals surface area contributed by atoms with E-state index in [0.717, 1.165) is 38.5 Å². The number of piperidine rings is 1. The van der Waals surface area contributed by atoms with Crippen LogP contribution < -0.4 is 15.5 Å². The molecule has 2 N–H and O–H groups in total. The van der Waals surface area contributed by atoms with Crippen LogP contribution in [0.25, 0.3) is 11.3 Å². The van der Waals surface area contributed by atoms with Crippen LogP contribution in [-0.2, 0) is 9.59 Å². The van der Waals surface area contributed by atoms with Crippen molar-refractivity contribution in [3.63, 3.8) is 0 Å². The van der Waals surface area contributed by atoms with Crippen molar-refractivity contribution in [2.75, 3.05) is 16.8 Å². The Morgan fingerprint density at radius 1 is 1.16 bits per heavy atom. The topological polar surface area (TPSA) is 100 Å². The van der Waals surface area contributed by atoms with Gasteiger partial charge in [0.05, 0.1) is 6.20 Å². The second-order valence-electron chi connectivity index (χ2n) is 8.19. The van der Waals surface area contributed by atoms with Gasteiger partial charge >= 0.3 is 0 Å². The average molecular weight is 426 g/mol. The third-order valence-corrected chi connectivity index (χ3v) is 5.83. The van der Waals surface area contributed by atoms with Crippen LogP contribution in [0, 0.1) is 5.82 Å². The summed E-state index contributed by atoms with van der Waals surface area (Å²) >= 11 is 0. The molecule has 2 aromatic rings. The van der Waals surface area contributed by atoms with Crippen molar-refractivity contribution >= 4 is 23.6 Å². The molecule has 3 heterocycles. The highest BCUT2D eigenvalue weighted by molar-refractivity contribution is 5.93. The van der Waals surface area contributed by atoms with Gasteiger partial charge in [0.15, 0.2) is 5.82 Å². The van der Waals surface area contributed by atoms with Crippen molar-refractivity contribution in [3.05, 3.63) is 30.3 Å². The number of nitrogens with one attached hydrogen (secondary N) is 2. The van der Waals surface area contributed by atoms with E-state index in [-0.39, 0.29) is 29.6 Å². The lowest BCUT2D eigenvalue weighted by Gasteiger charge is -2.29. The standard InChI is InChI=1S/C22H27FN6O2/c1-14(30)26-16-5-7-17(8-6-16)27-22-25-13-18(23)21(28-22)15-9-10-24-19(12-15)29-11-3-2-4-20(29)31/h9-10,12-13,16-17H,2-8,11H2,1H3,(H,26,30)(H,25,27,28)/t16-,17-. The molecule has 2 aromatic heterocycles. The van der Waals surface area contributed by atoms with Gasteiger partial charge in [-0.3, -0.25) is 14.5 Å². The number of amides is 2. The number of carbonyl (C=O) groups excluding carboxylic acids is 2. The molecule has 1 saturated heterocycles. The van der Waals surface area contributed by atoms with E-state index < -0.39 is 5.82 Å². The number of pyridine rings is 1. The molecule has 0 bridgehead atoms. The molecule has 164 valence electrons. The number of rotatable bonds is 5. The Labute approximate surface area is 180 Å². The zero-order valence-corrected chi connectivity index (χ0v) is 17.6. The molecule has 0 aromatic carbocycles. The number of aromatic nitrogens is 3. The molecule has 4 rings (SSSR count). The van der Waals surface area contributed by atoms with Gasteiger partial charge in [-0.25, -0.2) is 19.3 Å². The third kappa shape index (κ3) is 5.15. The van der Waals surface area contributed by atoms with E-state index in [9.17, 15) is 14.0 Å². The molecule has 31 heavy (non-hydrogen) atoms. The van der Waals surface area contributed by atoms with Crippen LogP contribution in [-0.4, -0.2) is 45.4 Å². The van der Waals surface area contributed by atoms with Gasteiger partial charge in [0.25, 0.3) is 0 Å². The predicted molar refractivity (Wildman–Crippen MR) is 115 cm³/mol. The van der Waals surface area contributed by atoms with Gasteiger partial charge in [-0.1, -0.05) is 0 Å². The summed E-state index contributed by atoms with van der Waals surface area (Å²) < 4.78 is 14.6. The number of nitrogens with zero attached hydrogens (tertiary/aromatic N) is 4. The summed E-state index contributed by atoms with van der Waals surface area (Å²) in [7, 11) is 0. The first-order valence-electron chi connectivity index (χ1n) is 10.8. The van der Waals surface area contributed by atoms with Gasteiger partial charge in [-0.05, 0) is 50.7 Å². The Hall–Kier alpha value is -3.10. The van der Waals surface area contributed by atoms with E-state index >= 15 is 0 Å². The lowest BCUT2D eigenvalue weighted by atomic mass is 9.91. The van der Waals surface area contributed by atoms with Gasteiger partial charge < -0.3 is 10.6 Å². The number of hydrogen-bond acceptors (Lipinski definition) is 6. The number of carbonyl (C=O) groups is 2. The van der Waals surface area contributed by atoms with Crippen molar-refractivity contribution in [1.82, 2.24) is 20.3 Å². The molecule has 2 fully saturated rings. The first kappa shape index (κ1) is 21.1. The smallest absolute Gasteiger partial charge is 0.228 e. The summed E-state index contributed by atoms with van der Waals surface area (Å²) in [4.78, 5) is 37.9. The van der Waals surface area contributed by atoms with Crippen molar-refractivity contribution in [3.8, 4) is 11.3 Å². The molecule has 0 atom stereocenters. The number of halogens is 1. The Bertz CT molecular complexity index is 961. The second-order valence-corrected chi connectivity index (χ2v) is 8.19. The van der Waals surface area contributed by atoms with E-state index in [1.807, 2.05) is 0 Å². The van der Waals surface area contributed by atoms with Gasteiger partial charge in [0.2, 0.25) is 17.8 Å². The SMILES string of the molecule is CC(=O)N[C@H]1CC[C@H](Nc2ncc(F)c(-c3ccnc(N4CCCCC4=O)c3)n2)CC1. The molecule has 2 amide bonds. The third-order valence-electron chi connectivity index (χ3n) is 5.83. The van der Waals surface area contributed by atoms with Crippen LogP contribution >= 0.6 is 0 Å². The Balaban J connectivity index is 1.48. The number of hydrogen-bond donors (Lipinski definition) is 2. The minimum Gasteiger partial charge on any atom is -0.354 e. The highest BCUT2D eigenvalue weighted by Gasteiger charge is 2.24. The fourth-order valence-electron chi connectivity index (χ4n) is 4.25. The van der Waals surface area contributed by atoms with Crippen molar-refractivity contribution < 1.29 is 14.0 Å². The highest BCUT2D eigenvalue weighted by Crippen LogP contribution is 2.27. The molecule has 1 aliphatic heterocycles. The number of anilines is 2. The zero-order chi connectivity index (χ0) is 21.8. The minimum absolute atomic E-state index is 0.00843. The van der Waals surface area contributed by atoms with Crippen LogP contribution in [0.4, 0.5) is 16.2 Å². The summed E-state index contributed by atoms with van der Waals surface area (Å²) in [6.07, 6.45) is 8.56. The summed E-state index contributed by atoms with van der Waals surface area (Å²) in [5, 5.41) is 6.25. The second kappa shape index (κ2) is 9.36. The highest BCUT2D eigenvalue weighted by atomic mass is 19.1. The molecular weight excluding hydrogens is 399 g/mol. The average Bonchev–Trinajstić information content (AvgIpc) is 2.76. The van der Waals surface area contributed by atoms with Crippen LogP contribution in [0.1, 0.15) is 51.9 Å². The van der Waals surface area contributed by atoms with Crippen molar-refractivity contribution in [2.24, 2.45) is 0 Å². The quantitative estimate of drug-likeness (QED) is 0.762. The fourth-order valence-corrected chi connectivity index (χ4v) is 4.25. The molecule has 1 aliphatic carbocycles. The van der Waals surface area contributed by atoms with E-state index in [2.05, 4.69) is 25.6 Å². The molecule has 0 radical (unpaired) electrons. The van der Waals surface area contributed by atoms with Gasteiger partial charge in [-0.15, -0.1) is 0 Å². The van der Waals surface area contributed by atoms with E-state index in [1.54, 1.807) is 23.2 Å². The predicted octanol–water partition coefficient (Wildman–Crippen LogP) is 3.05. The maximum Gasteiger partial charge on any atom is 0.228 e. The molecule has 8 nitrogen and oxygen atoms in total. The maximum absolute atomic E-state index is 14.6. The Morgan fingerprint density at radius 2 is 1.94 bits per heavy atom. The van der Waals surface area contributed by atoms with Crippen molar-refractivity contribution in [2.45, 2.75) is 64.0 Å². The molecule has 0 unspecified atom stereocenters. The summed E-state index contributed by atoms with van der Waals surface area (Å²) in [6, 6.07) is 3.76. The van der Waals surface area contributed by atoms with Crippen LogP contribution in [0.5, 0.6) is 0 Å². The first-order valence-corrected chi connectivity index (χ1v) is 10.8. The van der Waals surface area contributed by atoms with Crippen LogP contribution in [0.2, 0.25) is 0 Å². The molecule has 2 aliphatic rings. The van der Waals surface area contributed by atoms with Gasteiger partial charge in [-0.2, -0.15) is 0 Å². The molecule has 1 saturated carbocycles. The molecule has 0 spiro atoms.